The number of alkyl halides is 3. The maximum absolute atomic E-state index is 12.7. The number of nitrogens with one attached hydrogen (secondary N) is 1. The molecular formula is C21H28F3N3OS. The zero-order valence-electron chi connectivity index (χ0n) is 16.7. The van der Waals surface area contributed by atoms with Crippen molar-refractivity contribution in [3.63, 3.8) is 0 Å². The minimum absolute atomic E-state index is 0.0664. The smallest absolute Gasteiger partial charge is 0.347 e. The fourth-order valence-corrected chi connectivity index (χ4v) is 5.10. The Labute approximate surface area is 174 Å². The number of thioether (sulfide) groups is 1. The molecule has 1 aromatic carbocycles. The third-order valence-corrected chi connectivity index (χ3v) is 6.49. The van der Waals surface area contributed by atoms with Gasteiger partial charge in [-0.3, -0.25) is 9.79 Å². The van der Waals surface area contributed by atoms with Gasteiger partial charge >= 0.3 is 6.18 Å². The van der Waals surface area contributed by atoms with Gasteiger partial charge in [0.1, 0.15) is 0 Å². The highest BCUT2D eigenvalue weighted by atomic mass is 32.2. The first-order chi connectivity index (χ1) is 13.9. The fourth-order valence-electron chi connectivity index (χ4n) is 3.83. The number of rotatable bonds is 6. The lowest BCUT2D eigenvalue weighted by atomic mass is 9.96. The Morgan fingerprint density at radius 3 is 2.52 bits per heavy atom. The standard InChI is InChI=1S/C21H28F3N3OS/c1-2-12-27-18(14-29-20(27)26-16-6-4-3-5-7-16)13-19(28)25-17-10-8-15(9-11-17)21(22,23)24/h8-11,16,18H,2-7,12-14H2,1H3,(H,25,28). The topological polar surface area (TPSA) is 44.7 Å². The Balaban J connectivity index is 1.59. The number of amidine groups is 1. The summed E-state index contributed by atoms with van der Waals surface area (Å²) in [4.78, 5) is 19.7. The lowest BCUT2D eigenvalue weighted by Gasteiger charge is -2.27. The van der Waals surface area contributed by atoms with Gasteiger partial charge in [0.2, 0.25) is 5.91 Å². The summed E-state index contributed by atoms with van der Waals surface area (Å²) in [6.45, 7) is 2.97. The average Bonchev–Trinajstić information content (AvgIpc) is 3.04. The first-order valence-corrected chi connectivity index (χ1v) is 11.3. The molecule has 1 heterocycles. The molecule has 1 saturated carbocycles. The largest absolute Gasteiger partial charge is 0.416 e. The lowest BCUT2D eigenvalue weighted by Crippen LogP contribution is -2.37. The number of carbonyl (C=O) groups excluding carboxylic acids is 1. The molecule has 3 rings (SSSR count). The Kier molecular flexibility index (Phi) is 7.49. The lowest BCUT2D eigenvalue weighted by molar-refractivity contribution is -0.137. The predicted molar refractivity (Wildman–Crippen MR) is 112 cm³/mol. The molecule has 0 spiro atoms. The van der Waals surface area contributed by atoms with E-state index in [-0.39, 0.29) is 11.9 Å². The molecule has 0 radical (unpaired) electrons. The molecule has 1 atom stereocenters. The zero-order chi connectivity index (χ0) is 20.9. The SMILES string of the molecule is CCCN1C(=NC2CCCCC2)SCC1CC(=O)Nc1ccc(C(F)(F)F)cc1. The summed E-state index contributed by atoms with van der Waals surface area (Å²) >= 11 is 1.72. The number of hydrogen-bond donors (Lipinski definition) is 1. The van der Waals surface area contributed by atoms with Crippen LogP contribution in [0, 0.1) is 0 Å². The molecule has 29 heavy (non-hydrogen) atoms. The predicted octanol–water partition coefficient (Wildman–Crippen LogP) is 5.55. The summed E-state index contributed by atoms with van der Waals surface area (Å²) in [5.41, 5.74) is -0.341. The van der Waals surface area contributed by atoms with Crippen molar-refractivity contribution in [1.29, 1.82) is 0 Å². The van der Waals surface area contributed by atoms with E-state index in [0.717, 1.165) is 48.9 Å². The first kappa shape index (κ1) is 22.0. The van der Waals surface area contributed by atoms with E-state index in [4.69, 9.17) is 4.99 Å². The second-order valence-corrected chi connectivity index (χ2v) is 8.68. The second kappa shape index (κ2) is 9.87. The summed E-state index contributed by atoms with van der Waals surface area (Å²) < 4.78 is 38.0. The van der Waals surface area contributed by atoms with Gasteiger partial charge in [-0.05, 0) is 43.5 Å². The van der Waals surface area contributed by atoms with Crippen LogP contribution in [0.15, 0.2) is 29.3 Å². The zero-order valence-corrected chi connectivity index (χ0v) is 17.5. The number of halogens is 3. The third kappa shape index (κ3) is 6.14. The number of aliphatic imine (C=N–C) groups is 1. The molecule has 160 valence electrons. The quantitative estimate of drug-likeness (QED) is 0.647. The van der Waals surface area contributed by atoms with Crippen LogP contribution in [0.2, 0.25) is 0 Å². The molecule has 4 nitrogen and oxygen atoms in total. The summed E-state index contributed by atoms with van der Waals surface area (Å²) in [5, 5.41) is 3.77. The molecule has 1 aliphatic heterocycles. The van der Waals surface area contributed by atoms with E-state index in [1.165, 1.54) is 31.4 Å². The molecule has 0 bridgehead atoms. The molecule has 0 aromatic heterocycles. The van der Waals surface area contributed by atoms with Gasteiger partial charge in [0.25, 0.3) is 0 Å². The third-order valence-electron chi connectivity index (χ3n) is 5.34. The number of hydrogen-bond acceptors (Lipinski definition) is 3. The van der Waals surface area contributed by atoms with Gasteiger partial charge in [-0.1, -0.05) is 37.9 Å². The molecule has 1 saturated heterocycles. The van der Waals surface area contributed by atoms with Gasteiger partial charge in [-0.25, -0.2) is 0 Å². The number of benzene rings is 1. The van der Waals surface area contributed by atoms with Gasteiger partial charge in [0.15, 0.2) is 5.17 Å². The summed E-state index contributed by atoms with van der Waals surface area (Å²) in [6.07, 6.45) is 2.95. The minimum atomic E-state index is -4.38. The fraction of sp³-hybridized carbons (Fsp3) is 0.619. The van der Waals surface area contributed by atoms with Crippen LogP contribution in [0.4, 0.5) is 18.9 Å². The van der Waals surface area contributed by atoms with E-state index < -0.39 is 11.7 Å². The summed E-state index contributed by atoms with van der Waals surface area (Å²) in [6, 6.07) is 5.02. The van der Waals surface area contributed by atoms with Crippen molar-refractivity contribution in [3.05, 3.63) is 29.8 Å². The van der Waals surface area contributed by atoms with Crippen molar-refractivity contribution in [2.75, 3.05) is 17.6 Å². The first-order valence-electron chi connectivity index (χ1n) is 10.3. The highest BCUT2D eigenvalue weighted by molar-refractivity contribution is 8.14. The summed E-state index contributed by atoms with van der Waals surface area (Å²) in [5.74, 6) is 0.627. The van der Waals surface area contributed by atoms with Crippen LogP contribution in [0.1, 0.15) is 57.4 Å². The van der Waals surface area contributed by atoms with Crippen LogP contribution in [0.3, 0.4) is 0 Å². The van der Waals surface area contributed by atoms with Crippen molar-refractivity contribution >= 4 is 28.5 Å². The van der Waals surface area contributed by atoms with Crippen LogP contribution in [-0.2, 0) is 11.0 Å². The molecule has 1 aliphatic carbocycles. The molecular weight excluding hydrogens is 399 g/mol. The van der Waals surface area contributed by atoms with Gasteiger partial charge in [0, 0.05) is 30.4 Å². The monoisotopic (exact) mass is 427 g/mol. The molecule has 2 fully saturated rings. The number of carbonyl (C=O) groups is 1. The van der Waals surface area contributed by atoms with Crippen LogP contribution < -0.4 is 5.32 Å². The van der Waals surface area contributed by atoms with Gasteiger partial charge < -0.3 is 10.2 Å². The van der Waals surface area contributed by atoms with E-state index in [1.807, 2.05) is 0 Å². The van der Waals surface area contributed by atoms with Crippen molar-refractivity contribution in [3.8, 4) is 0 Å². The van der Waals surface area contributed by atoms with Crippen molar-refractivity contribution in [2.45, 2.75) is 70.1 Å². The maximum atomic E-state index is 12.7. The highest BCUT2D eigenvalue weighted by Crippen LogP contribution is 2.31. The average molecular weight is 428 g/mol. The van der Waals surface area contributed by atoms with Gasteiger partial charge in [-0.2, -0.15) is 13.2 Å². The Morgan fingerprint density at radius 1 is 1.21 bits per heavy atom. The van der Waals surface area contributed by atoms with Crippen molar-refractivity contribution < 1.29 is 18.0 Å². The molecule has 1 unspecified atom stereocenters. The minimum Gasteiger partial charge on any atom is -0.347 e. The van der Waals surface area contributed by atoms with E-state index >= 15 is 0 Å². The van der Waals surface area contributed by atoms with Crippen LogP contribution >= 0.6 is 11.8 Å². The van der Waals surface area contributed by atoms with E-state index in [9.17, 15) is 18.0 Å². The molecule has 1 amide bonds. The normalized spacial score (nSPS) is 22.3. The summed E-state index contributed by atoms with van der Waals surface area (Å²) in [7, 11) is 0. The second-order valence-electron chi connectivity index (χ2n) is 7.69. The van der Waals surface area contributed by atoms with Crippen LogP contribution in [0.25, 0.3) is 0 Å². The van der Waals surface area contributed by atoms with E-state index in [0.29, 0.717) is 18.2 Å². The Hall–Kier alpha value is -1.70. The molecule has 1 aromatic rings. The van der Waals surface area contributed by atoms with E-state index in [2.05, 4.69) is 17.1 Å². The van der Waals surface area contributed by atoms with Crippen molar-refractivity contribution in [1.82, 2.24) is 4.90 Å². The molecule has 1 N–H and O–H groups in total. The Morgan fingerprint density at radius 2 is 1.90 bits per heavy atom. The van der Waals surface area contributed by atoms with Gasteiger partial charge in [0.05, 0.1) is 11.6 Å². The maximum Gasteiger partial charge on any atom is 0.416 e. The highest BCUT2D eigenvalue weighted by Gasteiger charge is 2.32. The molecule has 2 aliphatic rings. The van der Waals surface area contributed by atoms with Gasteiger partial charge in [-0.15, -0.1) is 0 Å². The van der Waals surface area contributed by atoms with E-state index in [1.54, 1.807) is 11.8 Å². The van der Waals surface area contributed by atoms with Crippen LogP contribution in [-0.4, -0.2) is 40.4 Å². The molecule has 8 heteroatoms. The van der Waals surface area contributed by atoms with Crippen LogP contribution in [0.5, 0.6) is 0 Å². The van der Waals surface area contributed by atoms with Crippen molar-refractivity contribution in [2.24, 2.45) is 4.99 Å². The number of anilines is 1. The Bertz CT molecular complexity index is 715. The number of nitrogens with zero attached hydrogens (tertiary/aromatic N) is 2. The number of amides is 1.